The van der Waals surface area contributed by atoms with Gasteiger partial charge in [-0.05, 0) is 40.6 Å². The molecule has 2 aliphatic carbocycles. The molecule has 4 aromatic carbocycles. The van der Waals surface area contributed by atoms with E-state index in [-0.39, 0.29) is 17.3 Å². The zero-order valence-electron chi connectivity index (χ0n) is 20.0. The molecule has 2 heterocycles. The van der Waals surface area contributed by atoms with Gasteiger partial charge in [0.15, 0.2) is 17.3 Å². The fourth-order valence-electron chi connectivity index (χ4n) is 6.82. The highest BCUT2D eigenvalue weighted by atomic mass is 35.5. The molecule has 8 rings (SSSR count). The molecule has 0 saturated carbocycles. The second-order valence-corrected chi connectivity index (χ2v) is 10.5. The predicted octanol–water partition coefficient (Wildman–Crippen LogP) is 5.55. The molecule has 0 aromatic heterocycles. The van der Waals surface area contributed by atoms with Gasteiger partial charge in [0.1, 0.15) is 11.2 Å². The molecule has 0 amide bonds. The average Bonchev–Trinajstić information content (AvgIpc) is 3.60. The Morgan fingerprint density at radius 2 is 1.55 bits per heavy atom. The second-order valence-electron chi connectivity index (χ2n) is 10.0. The number of carbonyl (C=O) groups is 3. The number of ketones is 3. The van der Waals surface area contributed by atoms with Gasteiger partial charge in [-0.25, -0.2) is 0 Å². The van der Waals surface area contributed by atoms with Gasteiger partial charge in [0, 0.05) is 45.9 Å². The van der Waals surface area contributed by atoms with Crippen LogP contribution in [0.2, 0.25) is 5.02 Å². The standard InChI is InChI=1S/C32H19ClN2O3/c33-19-13-11-18(12-14-19)28(36)26-31-34-15-16-35(31)27-20-7-1-2-8-21(20)29(37)25(27)32(26)23-10-4-6-17-5-3-9-22(24(17)23)30(32)38/h1-14,34H,15-16H2. The van der Waals surface area contributed by atoms with E-state index in [0.29, 0.717) is 57.3 Å². The van der Waals surface area contributed by atoms with Crippen LogP contribution in [-0.4, -0.2) is 35.3 Å². The summed E-state index contributed by atoms with van der Waals surface area (Å²) in [5.74, 6) is -0.159. The second kappa shape index (κ2) is 7.30. The summed E-state index contributed by atoms with van der Waals surface area (Å²) in [6.45, 7) is 1.16. The Labute approximate surface area is 223 Å². The highest BCUT2D eigenvalue weighted by Gasteiger charge is 2.63. The fourth-order valence-corrected chi connectivity index (χ4v) is 6.95. The average molecular weight is 515 g/mol. The van der Waals surface area contributed by atoms with E-state index in [9.17, 15) is 14.4 Å². The van der Waals surface area contributed by atoms with E-state index < -0.39 is 5.41 Å². The van der Waals surface area contributed by atoms with Crippen LogP contribution in [0.15, 0.2) is 102 Å². The van der Waals surface area contributed by atoms with Crippen molar-refractivity contribution in [3.63, 3.8) is 0 Å². The van der Waals surface area contributed by atoms with E-state index in [4.69, 9.17) is 11.6 Å². The quantitative estimate of drug-likeness (QED) is 0.355. The zero-order chi connectivity index (χ0) is 25.8. The first-order chi connectivity index (χ1) is 18.5. The van der Waals surface area contributed by atoms with Crippen LogP contribution in [0.3, 0.4) is 0 Å². The van der Waals surface area contributed by atoms with E-state index >= 15 is 0 Å². The maximum absolute atomic E-state index is 14.8. The summed E-state index contributed by atoms with van der Waals surface area (Å²) in [6.07, 6.45) is 0. The summed E-state index contributed by atoms with van der Waals surface area (Å²) in [5, 5.41) is 5.63. The molecule has 0 radical (unpaired) electrons. The van der Waals surface area contributed by atoms with Crippen molar-refractivity contribution in [2.24, 2.45) is 0 Å². The predicted molar refractivity (Wildman–Crippen MR) is 145 cm³/mol. The molecule has 1 spiro atoms. The third-order valence-corrected chi connectivity index (χ3v) is 8.52. The largest absolute Gasteiger partial charge is 0.369 e. The molecule has 1 fully saturated rings. The first kappa shape index (κ1) is 21.6. The molecule has 182 valence electrons. The molecule has 4 aromatic rings. The molecule has 5 nitrogen and oxygen atoms in total. The van der Waals surface area contributed by atoms with Gasteiger partial charge >= 0.3 is 0 Å². The monoisotopic (exact) mass is 514 g/mol. The molecule has 6 heteroatoms. The van der Waals surface area contributed by atoms with Crippen LogP contribution in [0.25, 0.3) is 16.5 Å². The highest BCUT2D eigenvalue weighted by molar-refractivity contribution is 6.36. The number of Topliss-reactive ketones (excluding diaryl/α,β-unsaturated/α-hetero) is 3. The Hall–Kier alpha value is -4.48. The number of allylic oxidation sites excluding steroid dienone is 2. The van der Waals surface area contributed by atoms with Crippen molar-refractivity contribution in [2.45, 2.75) is 5.41 Å². The van der Waals surface area contributed by atoms with Crippen molar-refractivity contribution >= 4 is 45.4 Å². The topological polar surface area (TPSA) is 66.5 Å². The minimum atomic E-state index is -1.57. The SMILES string of the molecule is O=C(C1=C2NCCN2C2=C(C(=O)c3ccccc32)C12C(=O)c1cccc3cccc2c13)c1ccc(Cl)cc1. The number of nitrogens with zero attached hydrogens (tertiary/aromatic N) is 1. The summed E-state index contributed by atoms with van der Waals surface area (Å²) < 4.78 is 0. The lowest BCUT2D eigenvalue weighted by Crippen LogP contribution is -2.47. The maximum atomic E-state index is 14.8. The van der Waals surface area contributed by atoms with Gasteiger partial charge in [0.05, 0.1) is 11.3 Å². The number of carbonyl (C=O) groups excluding carboxylic acids is 3. The van der Waals surface area contributed by atoms with Crippen molar-refractivity contribution in [3.05, 3.63) is 135 Å². The Bertz CT molecular complexity index is 1860. The molecule has 1 N–H and O–H groups in total. The Morgan fingerprint density at radius 1 is 0.842 bits per heavy atom. The smallest absolute Gasteiger partial charge is 0.194 e. The normalized spacial score (nSPS) is 20.8. The van der Waals surface area contributed by atoms with Crippen LogP contribution in [0.1, 0.15) is 42.2 Å². The van der Waals surface area contributed by atoms with Gasteiger partial charge in [0.25, 0.3) is 0 Å². The Kier molecular flexibility index (Phi) is 4.15. The minimum absolute atomic E-state index is 0.207. The highest BCUT2D eigenvalue weighted by Crippen LogP contribution is 2.60. The number of hydrogen-bond donors (Lipinski definition) is 1. The number of halogens is 1. The molecule has 1 unspecified atom stereocenters. The number of nitrogens with one attached hydrogen (secondary N) is 1. The minimum Gasteiger partial charge on any atom is -0.369 e. The van der Waals surface area contributed by atoms with Crippen LogP contribution < -0.4 is 5.32 Å². The van der Waals surface area contributed by atoms with E-state index in [0.717, 1.165) is 22.0 Å². The van der Waals surface area contributed by atoms with Crippen LogP contribution >= 0.6 is 11.6 Å². The summed E-state index contributed by atoms with van der Waals surface area (Å²) in [6, 6.07) is 25.6. The summed E-state index contributed by atoms with van der Waals surface area (Å²) >= 11 is 6.14. The lowest BCUT2D eigenvalue weighted by Gasteiger charge is -2.40. The van der Waals surface area contributed by atoms with Crippen molar-refractivity contribution in [3.8, 4) is 0 Å². The lowest BCUT2D eigenvalue weighted by atomic mass is 9.63. The molecular formula is C32H19ClN2O3. The Balaban J connectivity index is 1.53. The van der Waals surface area contributed by atoms with Crippen LogP contribution in [0.5, 0.6) is 0 Å². The van der Waals surface area contributed by atoms with Crippen LogP contribution in [-0.2, 0) is 5.41 Å². The molecule has 2 aliphatic heterocycles. The molecule has 4 aliphatic rings. The number of fused-ring (bicyclic) bond motifs is 6. The lowest BCUT2D eigenvalue weighted by molar-refractivity contribution is 0.0877. The van der Waals surface area contributed by atoms with Gasteiger partial charge < -0.3 is 10.2 Å². The van der Waals surface area contributed by atoms with Crippen molar-refractivity contribution in [1.82, 2.24) is 10.2 Å². The fraction of sp³-hybridized carbons (Fsp3) is 0.0938. The molecule has 1 saturated heterocycles. The molecule has 0 bridgehead atoms. The summed E-state index contributed by atoms with van der Waals surface area (Å²) in [7, 11) is 0. The van der Waals surface area contributed by atoms with Gasteiger partial charge in [-0.2, -0.15) is 0 Å². The third-order valence-electron chi connectivity index (χ3n) is 8.27. The number of hydrogen-bond acceptors (Lipinski definition) is 5. The van der Waals surface area contributed by atoms with E-state index in [1.165, 1.54) is 0 Å². The molecule has 1 atom stereocenters. The number of rotatable bonds is 2. The Morgan fingerprint density at radius 3 is 2.34 bits per heavy atom. The first-order valence-corrected chi connectivity index (χ1v) is 12.9. The molecule has 38 heavy (non-hydrogen) atoms. The maximum Gasteiger partial charge on any atom is 0.194 e. The van der Waals surface area contributed by atoms with Gasteiger partial charge in [0.2, 0.25) is 0 Å². The van der Waals surface area contributed by atoms with Gasteiger partial charge in [-0.3, -0.25) is 14.4 Å². The van der Waals surface area contributed by atoms with E-state index in [1.807, 2.05) is 53.4 Å². The van der Waals surface area contributed by atoms with Gasteiger partial charge in [-0.15, -0.1) is 0 Å². The van der Waals surface area contributed by atoms with Crippen LogP contribution in [0, 0.1) is 0 Å². The summed E-state index contributed by atoms with van der Waals surface area (Å²) in [4.78, 5) is 45.7. The molecular weight excluding hydrogens is 496 g/mol. The van der Waals surface area contributed by atoms with Crippen LogP contribution in [0.4, 0.5) is 0 Å². The summed E-state index contributed by atoms with van der Waals surface area (Å²) in [5.41, 5.74) is 2.78. The van der Waals surface area contributed by atoms with E-state index in [1.54, 1.807) is 36.4 Å². The van der Waals surface area contributed by atoms with Crippen molar-refractivity contribution in [2.75, 3.05) is 13.1 Å². The zero-order valence-corrected chi connectivity index (χ0v) is 20.8. The van der Waals surface area contributed by atoms with Gasteiger partial charge in [-0.1, -0.05) is 72.3 Å². The van der Waals surface area contributed by atoms with E-state index in [2.05, 4.69) is 5.32 Å². The van der Waals surface area contributed by atoms with Crippen molar-refractivity contribution < 1.29 is 14.4 Å². The first-order valence-electron chi connectivity index (χ1n) is 12.6. The number of benzene rings is 4. The third kappa shape index (κ3) is 2.40. The van der Waals surface area contributed by atoms with Crippen molar-refractivity contribution in [1.29, 1.82) is 0 Å².